The Morgan fingerprint density at radius 3 is 2.72 bits per heavy atom. The van der Waals surface area contributed by atoms with Gasteiger partial charge in [-0.1, -0.05) is 5.11 Å². The molecule has 0 radical (unpaired) electrons. The Kier molecular flexibility index (Phi) is 5.49. The van der Waals surface area contributed by atoms with E-state index in [2.05, 4.69) is 10.0 Å². The molecule has 0 aliphatic rings. The van der Waals surface area contributed by atoms with Gasteiger partial charge in [0.2, 0.25) is 0 Å². The minimum absolute atomic E-state index is 0.295. The highest BCUT2D eigenvalue weighted by Gasteiger charge is 2.12. The maximum atomic E-state index is 10.0. The molecule has 0 saturated carbocycles. The van der Waals surface area contributed by atoms with Crippen LogP contribution in [0.15, 0.2) is 17.2 Å². The number of aryl methyl sites for hydroxylation is 2. The van der Waals surface area contributed by atoms with Gasteiger partial charge < -0.3 is 9.84 Å². The van der Waals surface area contributed by atoms with Crippen LogP contribution in [0.2, 0.25) is 0 Å². The number of ether oxygens (including phenoxy) is 1. The molecule has 0 heterocycles. The Morgan fingerprint density at radius 2 is 2.11 bits per heavy atom. The van der Waals surface area contributed by atoms with Gasteiger partial charge in [0.1, 0.15) is 5.75 Å². The highest BCUT2D eigenvalue weighted by atomic mass is 16.5. The maximum Gasteiger partial charge on any atom is 0.122 e. The lowest BCUT2D eigenvalue weighted by Crippen LogP contribution is -2.04. The molecule has 98 valence electrons. The lowest BCUT2D eigenvalue weighted by atomic mass is 9.98. The summed E-state index contributed by atoms with van der Waals surface area (Å²) in [6, 6.07) is 3.87. The quantitative estimate of drug-likeness (QED) is 0.476. The zero-order valence-corrected chi connectivity index (χ0v) is 11.1. The van der Waals surface area contributed by atoms with Crippen molar-refractivity contribution in [3.8, 4) is 5.75 Å². The van der Waals surface area contributed by atoms with Crippen LogP contribution >= 0.6 is 0 Å². The van der Waals surface area contributed by atoms with Crippen molar-refractivity contribution in [2.24, 2.45) is 5.11 Å². The SMILES string of the molecule is CCOc1cc(C)c(C(O)CCN=[N+]=[N-])cc1C. The van der Waals surface area contributed by atoms with E-state index in [9.17, 15) is 5.11 Å². The van der Waals surface area contributed by atoms with Gasteiger partial charge in [-0.2, -0.15) is 0 Å². The Morgan fingerprint density at radius 1 is 1.39 bits per heavy atom. The molecule has 0 aromatic heterocycles. The van der Waals surface area contributed by atoms with Crippen LogP contribution in [0, 0.1) is 13.8 Å². The van der Waals surface area contributed by atoms with Gasteiger partial charge in [0.15, 0.2) is 0 Å². The highest BCUT2D eigenvalue weighted by Crippen LogP contribution is 2.28. The van der Waals surface area contributed by atoms with Gasteiger partial charge in [-0.05, 0) is 61.5 Å². The average Bonchev–Trinajstić information content (AvgIpc) is 2.34. The van der Waals surface area contributed by atoms with E-state index in [0.29, 0.717) is 19.6 Å². The molecule has 0 spiro atoms. The number of nitrogens with zero attached hydrogens (tertiary/aromatic N) is 3. The van der Waals surface area contributed by atoms with Crippen molar-refractivity contribution in [3.05, 3.63) is 39.3 Å². The van der Waals surface area contributed by atoms with Crippen molar-refractivity contribution in [2.75, 3.05) is 13.2 Å². The Bertz CT molecular complexity index is 454. The molecule has 18 heavy (non-hydrogen) atoms. The molecule has 5 nitrogen and oxygen atoms in total. The standard InChI is InChI=1S/C13H19N3O2/c1-4-18-13-8-9(2)11(7-10(13)3)12(17)5-6-15-16-14/h7-8,12,17H,4-6H2,1-3H3. The normalized spacial score (nSPS) is 11.8. The van der Waals surface area contributed by atoms with Crippen molar-refractivity contribution < 1.29 is 9.84 Å². The second-order valence-electron chi connectivity index (χ2n) is 4.17. The van der Waals surface area contributed by atoms with Crippen molar-refractivity contribution in [2.45, 2.75) is 33.3 Å². The van der Waals surface area contributed by atoms with Crippen LogP contribution in [0.3, 0.4) is 0 Å². The fraction of sp³-hybridized carbons (Fsp3) is 0.538. The average molecular weight is 249 g/mol. The fourth-order valence-corrected chi connectivity index (χ4v) is 1.86. The Balaban J connectivity index is 2.88. The van der Waals surface area contributed by atoms with Gasteiger partial charge in [0.25, 0.3) is 0 Å². The molecule has 1 aromatic rings. The van der Waals surface area contributed by atoms with E-state index >= 15 is 0 Å². The van der Waals surface area contributed by atoms with Crippen LogP contribution in [0.25, 0.3) is 10.4 Å². The Labute approximate surface area is 107 Å². The zero-order valence-electron chi connectivity index (χ0n) is 11.1. The number of hydrogen-bond donors (Lipinski definition) is 1. The van der Waals surface area contributed by atoms with Crippen molar-refractivity contribution >= 4 is 0 Å². The van der Waals surface area contributed by atoms with E-state index in [1.54, 1.807) is 0 Å². The van der Waals surface area contributed by atoms with Gasteiger partial charge in [-0.3, -0.25) is 0 Å². The lowest BCUT2D eigenvalue weighted by molar-refractivity contribution is 0.169. The predicted octanol–water partition coefficient (Wildman–Crippen LogP) is 3.44. The molecule has 0 bridgehead atoms. The smallest absolute Gasteiger partial charge is 0.122 e. The molecular weight excluding hydrogens is 230 g/mol. The van der Waals surface area contributed by atoms with Crippen molar-refractivity contribution in [3.63, 3.8) is 0 Å². The summed E-state index contributed by atoms with van der Waals surface area (Å²) in [4.78, 5) is 2.67. The summed E-state index contributed by atoms with van der Waals surface area (Å²) in [5.41, 5.74) is 11.1. The molecule has 1 aromatic carbocycles. The van der Waals surface area contributed by atoms with E-state index in [1.807, 2.05) is 32.9 Å². The third-order valence-electron chi connectivity index (χ3n) is 2.79. The Hall–Kier alpha value is -1.71. The summed E-state index contributed by atoms with van der Waals surface area (Å²) in [6.45, 7) is 6.75. The molecule has 1 unspecified atom stereocenters. The van der Waals surface area contributed by atoms with Crippen LogP contribution < -0.4 is 4.74 Å². The lowest BCUT2D eigenvalue weighted by Gasteiger charge is -2.16. The van der Waals surface area contributed by atoms with E-state index in [1.165, 1.54) is 0 Å². The fourth-order valence-electron chi connectivity index (χ4n) is 1.86. The molecule has 1 rings (SSSR count). The minimum atomic E-state index is -0.607. The molecule has 0 aliphatic heterocycles. The molecular formula is C13H19N3O2. The molecule has 0 saturated heterocycles. The molecule has 0 aliphatic carbocycles. The summed E-state index contributed by atoms with van der Waals surface area (Å²) in [6.07, 6.45) is -0.178. The summed E-state index contributed by atoms with van der Waals surface area (Å²) >= 11 is 0. The number of aliphatic hydroxyl groups excluding tert-OH is 1. The minimum Gasteiger partial charge on any atom is -0.494 e. The van der Waals surface area contributed by atoms with Gasteiger partial charge in [-0.15, -0.1) is 0 Å². The van der Waals surface area contributed by atoms with Crippen LogP contribution in [0.1, 0.15) is 36.1 Å². The number of azide groups is 1. The summed E-state index contributed by atoms with van der Waals surface area (Å²) in [5, 5.41) is 13.5. The number of benzene rings is 1. The zero-order chi connectivity index (χ0) is 13.5. The number of aliphatic hydroxyl groups is 1. The predicted molar refractivity (Wildman–Crippen MR) is 70.7 cm³/mol. The highest BCUT2D eigenvalue weighted by molar-refractivity contribution is 5.42. The first-order valence-corrected chi connectivity index (χ1v) is 6.03. The van der Waals surface area contributed by atoms with Gasteiger partial charge in [0.05, 0.1) is 12.7 Å². The van der Waals surface area contributed by atoms with Gasteiger partial charge in [0, 0.05) is 11.5 Å². The molecule has 0 fully saturated rings. The van der Waals surface area contributed by atoms with Gasteiger partial charge in [-0.25, -0.2) is 0 Å². The van der Waals surface area contributed by atoms with Crippen molar-refractivity contribution in [1.82, 2.24) is 0 Å². The molecule has 1 atom stereocenters. The summed E-state index contributed by atoms with van der Waals surface area (Å²) in [7, 11) is 0. The topological polar surface area (TPSA) is 78.2 Å². The van der Waals surface area contributed by atoms with Crippen LogP contribution in [0.5, 0.6) is 5.75 Å². The van der Waals surface area contributed by atoms with Crippen molar-refractivity contribution in [1.29, 1.82) is 0 Å². The van der Waals surface area contributed by atoms with E-state index in [4.69, 9.17) is 10.3 Å². The number of hydrogen-bond acceptors (Lipinski definition) is 3. The summed E-state index contributed by atoms with van der Waals surface area (Å²) in [5.74, 6) is 0.848. The molecule has 5 heteroatoms. The van der Waals surface area contributed by atoms with E-state index < -0.39 is 6.10 Å². The monoisotopic (exact) mass is 249 g/mol. The first-order chi connectivity index (χ1) is 8.60. The van der Waals surface area contributed by atoms with Crippen LogP contribution in [-0.4, -0.2) is 18.3 Å². The second-order valence-corrected chi connectivity index (χ2v) is 4.17. The molecule has 0 amide bonds. The largest absolute Gasteiger partial charge is 0.494 e. The van der Waals surface area contributed by atoms with E-state index in [0.717, 1.165) is 22.4 Å². The summed E-state index contributed by atoms with van der Waals surface area (Å²) < 4.78 is 5.50. The first-order valence-electron chi connectivity index (χ1n) is 6.03. The van der Waals surface area contributed by atoms with Crippen LogP contribution in [0.4, 0.5) is 0 Å². The third kappa shape index (κ3) is 3.65. The van der Waals surface area contributed by atoms with E-state index in [-0.39, 0.29) is 0 Å². The number of rotatable bonds is 6. The third-order valence-corrected chi connectivity index (χ3v) is 2.79. The van der Waals surface area contributed by atoms with Gasteiger partial charge >= 0.3 is 0 Å². The second kappa shape index (κ2) is 6.89. The first kappa shape index (κ1) is 14.4. The van der Waals surface area contributed by atoms with Crippen LogP contribution in [-0.2, 0) is 0 Å². The maximum absolute atomic E-state index is 10.0. The molecule has 1 N–H and O–H groups in total.